The summed E-state index contributed by atoms with van der Waals surface area (Å²) in [5.74, 6) is -1.50. The Balaban J connectivity index is 1.47. The molecule has 8 heteroatoms. The van der Waals surface area contributed by atoms with E-state index in [2.05, 4.69) is 10.6 Å². The lowest BCUT2D eigenvalue weighted by molar-refractivity contribution is -0.133. The van der Waals surface area contributed by atoms with Crippen LogP contribution in [0, 0.1) is 0 Å². The minimum absolute atomic E-state index is 0.240. The molecule has 1 unspecified atom stereocenters. The maximum Gasteiger partial charge on any atom is 0.338 e. The van der Waals surface area contributed by atoms with E-state index in [0.29, 0.717) is 16.8 Å². The van der Waals surface area contributed by atoms with Gasteiger partial charge in [-0.05, 0) is 61.4 Å². The number of amides is 4. The number of imide groups is 1. The van der Waals surface area contributed by atoms with Crippen molar-refractivity contribution >= 4 is 40.3 Å². The Bertz CT molecular complexity index is 1280. The summed E-state index contributed by atoms with van der Waals surface area (Å²) in [6, 6.07) is 18.7. The summed E-state index contributed by atoms with van der Waals surface area (Å²) in [6.45, 7) is 4.71. The zero-order valence-corrected chi connectivity index (χ0v) is 19.1. The quantitative estimate of drug-likeness (QED) is 0.431. The van der Waals surface area contributed by atoms with Crippen molar-refractivity contribution in [1.29, 1.82) is 0 Å². The molecule has 1 saturated heterocycles. The van der Waals surface area contributed by atoms with Crippen molar-refractivity contribution in [3.8, 4) is 0 Å². The zero-order chi connectivity index (χ0) is 24.5. The van der Waals surface area contributed by atoms with Gasteiger partial charge >= 0.3 is 12.0 Å². The molecule has 34 heavy (non-hydrogen) atoms. The lowest BCUT2D eigenvalue weighted by Gasteiger charge is -2.24. The number of rotatable bonds is 6. The first-order valence-electron chi connectivity index (χ1n) is 10.9. The minimum atomic E-state index is -1.29. The molecule has 1 aliphatic rings. The van der Waals surface area contributed by atoms with Crippen LogP contribution in [-0.4, -0.2) is 41.4 Å². The SMILES string of the molecule is CC(C)OC(=O)c1ccc(NC(=O)CN2C(=O)NC(C)(c3cccc4ccccc34)C2=O)cc1. The van der Waals surface area contributed by atoms with E-state index >= 15 is 0 Å². The van der Waals surface area contributed by atoms with Crippen LogP contribution in [0.3, 0.4) is 0 Å². The van der Waals surface area contributed by atoms with E-state index in [1.807, 2.05) is 36.4 Å². The lowest BCUT2D eigenvalue weighted by Crippen LogP contribution is -2.42. The smallest absolute Gasteiger partial charge is 0.338 e. The molecule has 0 spiro atoms. The molecule has 174 valence electrons. The Hall–Kier alpha value is -4.20. The highest BCUT2D eigenvalue weighted by molar-refractivity contribution is 6.11. The van der Waals surface area contributed by atoms with Crippen molar-refractivity contribution in [2.24, 2.45) is 0 Å². The summed E-state index contributed by atoms with van der Waals surface area (Å²) in [4.78, 5) is 51.4. The van der Waals surface area contributed by atoms with Gasteiger partial charge in [-0.3, -0.25) is 14.5 Å². The van der Waals surface area contributed by atoms with Crippen LogP contribution < -0.4 is 10.6 Å². The molecule has 1 atom stereocenters. The Labute approximate surface area is 196 Å². The number of nitrogens with one attached hydrogen (secondary N) is 2. The minimum Gasteiger partial charge on any atom is -0.459 e. The monoisotopic (exact) mass is 459 g/mol. The van der Waals surface area contributed by atoms with Crippen LogP contribution in [0.4, 0.5) is 10.5 Å². The van der Waals surface area contributed by atoms with Crippen molar-refractivity contribution in [2.45, 2.75) is 32.4 Å². The lowest BCUT2D eigenvalue weighted by atomic mass is 9.88. The fourth-order valence-electron chi connectivity index (χ4n) is 4.00. The molecular formula is C26H25N3O5. The van der Waals surface area contributed by atoms with Crippen LogP contribution in [0.25, 0.3) is 10.8 Å². The van der Waals surface area contributed by atoms with Gasteiger partial charge in [0, 0.05) is 5.69 Å². The van der Waals surface area contributed by atoms with E-state index in [9.17, 15) is 19.2 Å². The number of esters is 1. The number of hydrogen-bond acceptors (Lipinski definition) is 5. The fourth-order valence-corrected chi connectivity index (χ4v) is 4.00. The molecule has 1 heterocycles. The molecule has 1 aliphatic heterocycles. The number of benzene rings is 3. The second kappa shape index (κ2) is 8.97. The van der Waals surface area contributed by atoms with Gasteiger partial charge in [-0.1, -0.05) is 42.5 Å². The van der Waals surface area contributed by atoms with Crippen molar-refractivity contribution in [3.63, 3.8) is 0 Å². The molecule has 3 aromatic carbocycles. The molecule has 4 amide bonds. The molecule has 2 N–H and O–H groups in total. The van der Waals surface area contributed by atoms with Gasteiger partial charge in [0.25, 0.3) is 5.91 Å². The fraction of sp³-hybridized carbons (Fsp3) is 0.231. The first kappa shape index (κ1) is 23.0. The molecular weight excluding hydrogens is 434 g/mol. The summed E-state index contributed by atoms with van der Waals surface area (Å²) in [5.41, 5.74) is 0.147. The summed E-state index contributed by atoms with van der Waals surface area (Å²) in [6.07, 6.45) is -0.240. The van der Waals surface area contributed by atoms with Crippen LogP contribution in [0.2, 0.25) is 0 Å². The Kier molecular flexibility index (Phi) is 6.06. The summed E-state index contributed by atoms with van der Waals surface area (Å²) in [7, 11) is 0. The highest BCUT2D eigenvalue weighted by Gasteiger charge is 2.50. The predicted octanol–water partition coefficient (Wildman–Crippen LogP) is 3.81. The maximum atomic E-state index is 13.3. The number of ether oxygens (including phenoxy) is 1. The van der Waals surface area contributed by atoms with Crippen molar-refractivity contribution in [3.05, 3.63) is 77.9 Å². The van der Waals surface area contributed by atoms with E-state index < -0.39 is 35.9 Å². The Morgan fingerprint density at radius 1 is 1.00 bits per heavy atom. The van der Waals surface area contributed by atoms with Gasteiger partial charge in [0.15, 0.2) is 0 Å². The molecule has 0 saturated carbocycles. The van der Waals surface area contributed by atoms with Crippen LogP contribution in [-0.2, 0) is 19.9 Å². The molecule has 8 nitrogen and oxygen atoms in total. The Morgan fingerprint density at radius 2 is 1.68 bits per heavy atom. The second-order valence-corrected chi connectivity index (χ2v) is 8.55. The molecule has 0 aliphatic carbocycles. The van der Waals surface area contributed by atoms with E-state index in [1.54, 1.807) is 39.0 Å². The van der Waals surface area contributed by atoms with Gasteiger partial charge in [-0.2, -0.15) is 0 Å². The van der Waals surface area contributed by atoms with E-state index in [1.165, 1.54) is 12.1 Å². The zero-order valence-electron chi connectivity index (χ0n) is 19.1. The number of carbonyl (C=O) groups is 4. The van der Waals surface area contributed by atoms with E-state index in [-0.39, 0.29) is 6.10 Å². The predicted molar refractivity (Wildman–Crippen MR) is 127 cm³/mol. The Morgan fingerprint density at radius 3 is 2.38 bits per heavy atom. The number of urea groups is 1. The normalized spacial score (nSPS) is 17.7. The molecule has 0 radical (unpaired) electrons. The van der Waals surface area contributed by atoms with E-state index in [0.717, 1.165) is 15.7 Å². The third-order valence-electron chi connectivity index (χ3n) is 5.65. The van der Waals surface area contributed by atoms with Gasteiger partial charge < -0.3 is 15.4 Å². The third kappa shape index (κ3) is 4.34. The molecule has 1 fully saturated rings. The van der Waals surface area contributed by atoms with Crippen molar-refractivity contribution < 1.29 is 23.9 Å². The number of hydrogen-bond donors (Lipinski definition) is 2. The number of fused-ring (bicyclic) bond motifs is 1. The molecule has 4 rings (SSSR count). The average molecular weight is 460 g/mol. The summed E-state index contributed by atoms with van der Waals surface area (Å²) < 4.78 is 5.14. The van der Waals surface area contributed by atoms with Gasteiger partial charge in [-0.25, -0.2) is 9.59 Å². The molecule has 0 bridgehead atoms. The van der Waals surface area contributed by atoms with Gasteiger partial charge in [-0.15, -0.1) is 0 Å². The highest BCUT2D eigenvalue weighted by atomic mass is 16.5. The topological polar surface area (TPSA) is 105 Å². The van der Waals surface area contributed by atoms with Crippen LogP contribution in [0.1, 0.15) is 36.7 Å². The molecule has 3 aromatic rings. The second-order valence-electron chi connectivity index (χ2n) is 8.55. The largest absolute Gasteiger partial charge is 0.459 e. The first-order chi connectivity index (χ1) is 16.2. The average Bonchev–Trinajstić information content (AvgIpc) is 3.02. The van der Waals surface area contributed by atoms with E-state index in [4.69, 9.17) is 4.74 Å². The third-order valence-corrected chi connectivity index (χ3v) is 5.65. The van der Waals surface area contributed by atoms with Gasteiger partial charge in [0.2, 0.25) is 5.91 Å². The summed E-state index contributed by atoms with van der Waals surface area (Å²) >= 11 is 0. The highest BCUT2D eigenvalue weighted by Crippen LogP contribution is 2.33. The molecule has 0 aromatic heterocycles. The number of carbonyl (C=O) groups excluding carboxylic acids is 4. The van der Waals surface area contributed by atoms with Crippen molar-refractivity contribution in [2.75, 3.05) is 11.9 Å². The van der Waals surface area contributed by atoms with Crippen molar-refractivity contribution in [1.82, 2.24) is 10.2 Å². The first-order valence-corrected chi connectivity index (χ1v) is 10.9. The van der Waals surface area contributed by atoms with Gasteiger partial charge in [0.05, 0.1) is 11.7 Å². The van der Waals surface area contributed by atoms with Crippen LogP contribution >= 0.6 is 0 Å². The van der Waals surface area contributed by atoms with Gasteiger partial charge in [0.1, 0.15) is 12.1 Å². The standard InChI is InChI=1S/C26H25N3O5/c1-16(2)34-23(31)18-11-13-19(14-12-18)27-22(30)15-29-24(32)26(3,28-25(29)33)21-10-6-8-17-7-4-5-9-20(17)21/h4-14,16H,15H2,1-3H3,(H,27,30)(H,28,33). The maximum absolute atomic E-state index is 13.3. The van der Waals surface area contributed by atoms with Crippen LogP contribution in [0.15, 0.2) is 66.7 Å². The summed E-state index contributed by atoms with van der Waals surface area (Å²) in [5, 5.41) is 7.19. The van der Waals surface area contributed by atoms with Crippen LogP contribution in [0.5, 0.6) is 0 Å². The number of nitrogens with zero attached hydrogens (tertiary/aromatic N) is 1. The number of anilines is 1.